The molecule has 0 atom stereocenters. The molecule has 3 rings (SSSR count). The number of rotatable bonds is 0. The van der Waals surface area contributed by atoms with Crippen molar-refractivity contribution in [3.8, 4) is 11.5 Å². The van der Waals surface area contributed by atoms with Crippen LogP contribution in [0.15, 0.2) is 47.9 Å². The Labute approximate surface area is 93.4 Å². The van der Waals surface area contributed by atoms with Crippen molar-refractivity contribution in [2.75, 3.05) is 6.54 Å². The number of hydrogen-bond acceptors (Lipinski definition) is 3. The summed E-state index contributed by atoms with van der Waals surface area (Å²) in [7, 11) is 0. The summed E-state index contributed by atoms with van der Waals surface area (Å²) in [5.41, 5.74) is 2.92. The number of nitrogens with one attached hydrogen (secondary N) is 1. The zero-order valence-electron chi connectivity index (χ0n) is 8.60. The topological polar surface area (TPSA) is 41.5 Å². The quantitative estimate of drug-likeness (QED) is 0.694. The van der Waals surface area contributed by atoms with Crippen molar-refractivity contribution in [2.24, 2.45) is 0 Å². The molecule has 0 unspecified atom stereocenters. The van der Waals surface area contributed by atoms with E-state index in [0.29, 0.717) is 0 Å². The Morgan fingerprint density at radius 1 is 1.31 bits per heavy atom. The van der Waals surface area contributed by atoms with Gasteiger partial charge in [-0.1, -0.05) is 12.2 Å². The molecule has 0 bridgehead atoms. The first-order chi connectivity index (χ1) is 7.83. The van der Waals surface area contributed by atoms with Gasteiger partial charge in [0, 0.05) is 17.7 Å². The highest BCUT2D eigenvalue weighted by atomic mass is 16.5. The van der Waals surface area contributed by atoms with Crippen molar-refractivity contribution < 1.29 is 9.84 Å². The molecule has 0 aromatic heterocycles. The minimum absolute atomic E-state index is 0.246. The third kappa shape index (κ3) is 1.46. The van der Waals surface area contributed by atoms with Crippen LogP contribution in [0, 0.1) is 0 Å². The van der Waals surface area contributed by atoms with Gasteiger partial charge in [-0.15, -0.1) is 0 Å². The fraction of sp³-hybridized carbons (Fsp3) is 0.0769. The zero-order chi connectivity index (χ0) is 11.0. The molecule has 3 heteroatoms. The summed E-state index contributed by atoms with van der Waals surface area (Å²) in [6.45, 7) is 0.814. The number of hydrogen-bond donors (Lipinski definition) is 2. The van der Waals surface area contributed by atoms with E-state index in [2.05, 4.69) is 11.4 Å². The third-order valence-corrected chi connectivity index (χ3v) is 2.63. The highest BCUT2D eigenvalue weighted by Gasteiger charge is 2.13. The van der Waals surface area contributed by atoms with Crippen LogP contribution in [0.1, 0.15) is 5.56 Å². The Balaban J connectivity index is 2.15. The number of allylic oxidation sites excluding steroid dienone is 1. The minimum Gasteiger partial charge on any atom is -0.508 e. The van der Waals surface area contributed by atoms with Gasteiger partial charge in [0.05, 0.1) is 5.70 Å². The summed E-state index contributed by atoms with van der Waals surface area (Å²) >= 11 is 0. The summed E-state index contributed by atoms with van der Waals surface area (Å²) in [6, 6.07) is 5.08. The Morgan fingerprint density at radius 2 is 2.25 bits per heavy atom. The smallest absolute Gasteiger partial charge is 0.134 e. The fourth-order valence-electron chi connectivity index (χ4n) is 1.83. The SMILES string of the molecule is Oc1ccc2c(c1)C=C1C=CCNC1=CO2. The summed E-state index contributed by atoms with van der Waals surface area (Å²) in [5.74, 6) is 0.998. The molecule has 0 radical (unpaired) electrons. The van der Waals surface area contributed by atoms with Gasteiger partial charge in [0.1, 0.15) is 17.8 Å². The van der Waals surface area contributed by atoms with Gasteiger partial charge in [-0.3, -0.25) is 0 Å². The van der Waals surface area contributed by atoms with Crippen LogP contribution in [-0.4, -0.2) is 11.7 Å². The minimum atomic E-state index is 0.246. The highest BCUT2D eigenvalue weighted by Crippen LogP contribution is 2.30. The summed E-state index contributed by atoms with van der Waals surface area (Å²) in [4.78, 5) is 0. The van der Waals surface area contributed by atoms with E-state index in [1.54, 1.807) is 24.5 Å². The molecule has 0 aliphatic carbocycles. The van der Waals surface area contributed by atoms with E-state index in [-0.39, 0.29) is 5.75 Å². The lowest BCUT2D eigenvalue weighted by molar-refractivity contribution is 0.460. The maximum Gasteiger partial charge on any atom is 0.134 e. The van der Waals surface area contributed by atoms with Gasteiger partial charge in [0.2, 0.25) is 0 Å². The maximum atomic E-state index is 9.44. The van der Waals surface area contributed by atoms with Gasteiger partial charge in [-0.2, -0.15) is 0 Å². The second kappa shape index (κ2) is 3.45. The van der Waals surface area contributed by atoms with E-state index < -0.39 is 0 Å². The first kappa shape index (κ1) is 9.09. The number of ether oxygens (including phenoxy) is 1. The average Bonchev–Trinajstić information content (AvgIpc) is 2.47. The largest absolute Gasteiger partial charge is 0.508 e. The fourth-order valence-corrected chi connectivity index (χ4v) is 1.83. The van der Waals surface area contributed by atoms with Crippen LogP contribution in [0.3, 0.4) is 0 Å². The molecule has 3 nitrogen and oxygen atoms in total. The molecule has 1 aromatic carbocycles. The standard InChI is InChI=1S/C13H11NO2/c15-11-3-4-13-10(7-11)6-9-2-1-5-14-12(9)8-16-13/h1-4,6-8,14-15H,5H2. The van der Waals surface area contributed by atoms with Gasteiger partial charge < -0.3 is 15.2 Å². The molecule has 2 N–H and O–H groups in total. The normalized spacial score (nSPS) is 17.0. The Hall–Kier alpha value is -2.16. The summed E-state index contributed by atoms with van der Waals surface area (Å²) < 4.78 is 5.55. The molecule has 2 aliphatic rings. The molecule has 0 saturated carbocycles. The molecule has 16 heavy (non-hydrogen) atoms. The Kier molecular flexibility index (Phi) is 1.96. The van der Waals surface area contributed by atoms with Crippen LogP contribution >= 0.6 is 0 Å². The Bertz CT molecular complexity index is 527. The van der Waals surface area contributed by atoms with E-state index in [4.69, 9.17) is 4.74 Å². The van der Waals surface area contributed by atoms with Crippen LogP contribution in [-0.2, 0) is 0 Å². The highest BCUT2D eigenvalue weighted by molar-refractivity contribution is 5.69. The predicted molar refractivity (Wildman–Crippen MR) is 61.9 cm³/mol. The molecule has 0 spiro atoms. The molecule has 0 amide bonds. The van der Waals surface area contributed by atoms with Gasteiger partial charge in [0.15, 0.2) is 0 Å². The van der Waals surface area contributed by atoms with Crippen LogP contribution < -0.4 is 10.1 Å². The molecule has 80 valence electrons. The van der Waals surface area contributed by atoms with Crippen molar-refractivity contribution in [1.82, 2.24) is 5.32 Å². The summed E-state index contributed by atoms with van der Waals surface area (Å²) in [6.07, 6.45) is 7.80. The first-order valence-corrected chi connectivity index (χ1v) is 5.15. The number of fused-ring (bicyclic) bond motifs is 2. The zero-order valence-corrected chi connectivity index (χ0v) is 8.60. The number of phenolic OH excluding ortho intramolecular Hbond substituents is 1. The van der Waals surface area contributed by atoms with Crippen molar-refractivity contribution in [1.29, 1.82) is 0 Å². The monoisotopic (exact) mass is 213 g/mol. The van der Waals surface area contributed by atoms with Crippen LogP contribution in [0.4, 0.5) is 0 Å². The van der Waals surface area contributed by atoms with Gasteiger partial charge in [0.25, 0.3) is 0 Å². The molecule has 1 aromatic rings. The number of benzene rings is 1. The van der Waals surface area contributed by atoms with Gasteiger partial charge >= 0.3 is 0 Å². The first-order valence-electron chi connectivity index (χ1n) is 5.15. The van der Waals surface area contributed by atoms with Crippen molar-refractivity contribution in [3.63, 3.8) is 0 Å². The maximum absolute atomic E-state index is 9.44. The predicted octanol–water partition coefficient (Wildman–Crippen LogP) is 2.17. The third-order valence-electron chi connectivity index (χ3n) is 2.63. The lowest BCUT2D eigenvalue weighted by atomic mass is 10.1. The Morgan fingerprint density at radius 3 is 3.19 bits per heavy atom. The van der Waals surface area contributed by atoms with Crippen molar-refractivity contribution in [3.05, 3.63) is 53.4 Å². The lowest BCUT2D eigenvalue weighted by Gasteiger charge is -2.12. The average molecular weight is 213 g/mol. The molecular weight excluding hydrogens is 202 g/mol. The second-order valence-corrected chi connectivity index (χ2v) is 3.75. The molecule has 2 heterocycles. The van der Waals surface area contributed by atoms with E-state index in [1.807, 2.05) is 12.2 Å². The van der Waals surface area contributed by atoms with E-state index >= 15 is 0 Å². The number of aromatic hydroxyl groups is 1. The van der Waals surface area contributed by atoms with Crippen LogP contribution in [0.5, 0.6) is 11.5 Å². The van der Waals surface area contributed by atoms with Gasteiger partial charge in [-0.25, -0.2) is 0 Å². The van der Waals surface area contributed by atoms with Crippen LogP contribution in [0.25, 0.3) is 6.08 Å². The molecule has 0 saturated heterocycles. The molecular formula is C13H11NO2. The molecule has 2 aliphatic heterocycles. The molecule has 0 fully saturated rings. The van der Waals surface area contributed by atoms with Crippen LogP contribution in [0.2, 0.25) is 0 Å². The van der Waals surface area contributed by atoms with Crippen molar-refractivity contribution >= 4 is 6.08 Å². The van der Waals surface area contributed by atoms with E-state index in [1.165, 1.54) is 0 Å². The lowest BCUT2D eigenvalue weighted by Crippen LogP contribution is -2.18. The van der Waals surface area contributed by atoms with Crippen molar-refractivity contribution in [2.45, 2.75) is 0 Å². The number of phenols is 1. The van der Waals surface area contributed by atoms with E-state index in [0.717, 1.165) is 29.1 Å². The van der Waals surface area contributed by atoms with E-state index in [9.17, 15) is 5.11 Å². The summed E-state index contributed by atoms with van der Waals surface area (Å²) in [5, 5.41) is 12.7. The van der Waals surface area contributed by atoms with Gasteiger partial charge in [-0.05, 0) is 24.3 Å². The second-order valence-electron chi connectivity index (χ2n) is 3.75.